The summed E-state index contributed by atoms with van der Waals surface area (Å²) in [5, 5.41) is 0. The fourth-order valence-electron chi connectivity index (χ4n) is 3.08. The fourth-order valence-corrected chi connectivity index (χ4v) is 3.83. The van der Waals surface area contributed by atoms with Crippen LogP contribution in [0, 0.1) is 0 Å². The third kappa shape index (κ3) is 3.27. The van der Waals surface area contributed by atoms with Gasteiger partial charge in [0, 0.05) is 18.5 Å². The van der Waals surface area contributed by atoms with Crippen molar-refractivity contribution in [3.05, 3.63) is 29.8 Å². The number of carbonyl (C=O) groups is 1. The van der Waals surface area contributed by atoms with E-state index >= 15 is 0 Å². The average molecular weight is 371 g/mol. The first kappa shape index (κ1) is 17.8. The van der Waals surface area contributed by atoms with Crippen LogP contribution in [0.1, 0.15) is 38.7 Å². The van der Waals surface area contributed by atoms with Crippen LogP contribution in [0.15, 0.2) is 29.2 Å². The van der Waals surface area contributed by atoms with Gasteiger partial charge in [0.05, 0.1) is 10.6 Å². The van der Waals surface area contributed by atoms with Crippen LogP contribution in [0.25, 0.3) is 5.70 Å². The van der Waals surface area contributed by atoms with Crippen LogP contribution in [0.5, 0.6) is 5.75 Å². The molecule has 0 unspecified atom stereocenters. The number of ether oxygens (including phenoxy) is 1. The number of benzene rings is 1. The van der Waals surface area contributed by atoms with Gasteiger partial charge in [-0.2, -0.15) is 8.78 Å². The van der Waals surface area contributed by atoms with E-state index in [9.17, 15) is 22.0 Å². The lowest BCUT2D eigenvalue weighted by Gasteiger charge is -2.37. The number of carbonyl (C=O) groups excluding carboxylic acids is 1. The zero-order chi connectivity index (χ0) is 18.4. The molecule has 5 nitrogen and oxygen atoms in total. The highest BCUT2D eigenvalue weighted by molar-refractivity contribution is 7.91. The second-order valence-corrected chi connectivity index (χ2v) is 8.62. The summed E-state index contributed by atoms with van der Waals surface area (Å²) in [5.74, 6) is -3.20. The van der Waals surface area contributed by atoms with Crippen molar-refractivity contribution in [1.29, 1.82) is 0 Å². The van der Waals surface area contributed by atoms with E-state index in [1.807, 2.05) is 13.8 Å². The molecule has 1 saturated heterocycles. The Morgan fingerprint density at radius 1 is 1.24 bits per heavy atom. The van der Waals surface area contributed by atoms with E-state index in [1.54, 1.807) is 11.0 Å². The van der Waals surface area contributed by atoms with E-state index in [1.165, 1.54) is 12.1 Å². The van der Waals surface area contributed by atoms with E-state index in [0.29, 0.717) is 30.0 Å². The van der Waals surface area contributed by atoms with Gasteiger partial charge < -0.3 is 9.64 Å². The molecule has 0 radical (unpaired) electrons. The van der Waals surface area contributed by atoms with Gasteiger partial charge in [0.2, 0.25) is 15.7 Å². The minimum atomic E-state index is -4.73. The Morgan fingerprint density at radius 2 is 1.96 bits per heavy atom. The number of fused-ring (bicyclic) bond motifs is 1. The van der Waals surface area contributed by atoms with Gasteiger partial charge >= 0.3 is 5.76 Å². The van der Waals surface area contributed by atoms with Crippen molar-refractivity contribution in [3.8, 4) is 5.75 Å². The second kappa shape index (κ2) is 6.09. The summed E-state index contributed by atoms with van der Waals surface area (Å²) in [5.41, 5.74) is 0.155. The number of alkyl halides is 2. The Bertz CT molecular complexity index is 846. The van der Waals surface area contributed by atoms with Crippen molar-refractivity contribution in [3.63, 3.8) is 0 Å². The monoisotopic (exact) mass is 371 g/mol. The molecule has 25 heavy (non-hydrogen) atoms. The molecule has 1 aromatic rings. The van der Waals surface area contributed by atoms with E-state index in [2.05, 4.69) is 0 Å². The molecule has 0 aromatic heterocycles. The largest absolute Gasteiger partial charge is 0.483 e. The number of piperidine rings is 1. The molecule has 2 aliphatic heterocycles. The Kier molecular flexibility index (Phi) is 4.35. The van der Waals surface area contributed by atoms with Crippen molar-refractivity contribution in [1.82, 2.24) is 4.90 Å². The number of likely N-dealkylation sites (tertiary alicyclic amines) is 1. The highest BCUT2D eigenvalue weighted by Crippen LogP contribution is 2.40. The van der Waals surface area contributed by atoms with Gasteiger partial charge in [-0.25, -0.2) is 8.42 Å². The van der Waals surface area contributed by atoms with Crippen LogP contribution < -0.4 is 4.74 Å². The van der Waals surface area contributed by atoms with Gasteiger partial charge in [-0.05, 0) is 51.0 Å². The SMILES string of the molecule is CC1(C)C=C(N2CCCCC2=O)c2cc(S(=O)(=O)C(F)F)ccc2O1. The number of halogens is 2. The van der Waals surface area contributed by atoms with E-state index in [0.717, 1.165) is 18.9 Å². The van der Waals surface area contributed by atoms with Crippen molar-refractivity contribution >= 4 is 21.4 Å². The zero-order valence-electron chi connectivity index (χ0n) is 14.0. The number of hydrogen-bond acceptors (Lipinski definition) is 4. The van der Waals surface area contributed by atoms with Crippen molar-refractivity contribution in [2.24, 2.45) is 0 Å². The predicted octanol–water partition coefficient (Wildman–Crippen LogP) is 3.21. The molecule has 1 aromatic carbocycles. The number of amides is 1. The second-order valence-electron chi connectivity index (χ2n) is 6.70. The Morgan fingerprint density at radius 3 is 2.60 bits per heavy atom. The maximum Gasteiger partial charge on any atom is 0.341 e. The third-order valence-electron chi connectivity index (χ3n) is 4.26. The molecule has 0 bridgehead atoms. The average Bonchev–Trinajstić information content (AvgIpc) is 2.53. The molecule has 1 amide bonds. The standard InChI is InChI=1S/C17H19F2NO4S/c1-17(2)10-13(20-8-4-3-5-15(20)21)12-9-11(6-7-14(12)24-17)25(22,23)16(18)19/h6-7,9-10,16H,3-5,8H2,1-2H3. The highest BCUT2D eigenvalue weighted by atomic mass is 32.2. The Hall–Kier alpha value is -1.96. The normalized spacial score (nSPS) is 20.1. The van der Waals surface area contributed by atoms with Crippen LogP contribution >= 0.6 is 0 Å². The molecule has 2 heterocycles. The smallest absolute Gasteiger partial charge is 0.341 e. The molecule has 2 aliphatic rings. The zero-order valence-corrected chi connectivity index (χ0v) is 14.8. The summed E-state index contributed by atoms with van der Waals surface area (Å²) < 4.78 is 55.1. The Balaban J connectivity index is 2.14. The van der Waals surface area contributed by atoms with Crippen LogP contribution in [0.3, 0.4) is 0 Å². The molecule has 1 fully saturated rings. The van der Waals surface area contributed by atoms with Crippen molar-refractivity contribution in [2.45, 2.75) is 49.4 Å². The highest BCUT2D eigenvalue weighted by Gasteiger charge is 2.34. The molecule has 8 heteroatoms. The summed E-state index contributed by atoms with van der Waals surface area (Å²) >= 11 is 0. The van der Waals surface area contributed by atoms with Crippen LogP contribution in [-0.2, 0) is 14.6 Å². The molecule has 3 rings (SSSR count). The third-order valence-corrected chi connectivity index (χ3v) is 5.64. The summed E-state index contributed by atoms with van der Waals surface area (Å²) in [4.78, 5) is 13.4. The topological polar surface area (TPSA) is 63.7 Å². The molecule has 0 aliphatic carbocycles. The maximum atomic E-state index is 12.9. The van der Waals surface area contributed by atoms with Crippen LogP contribution in [-0.4, -0.2) is 37.1 Å². The van der Waals surface area contributed by atoms with Crippen LogP contribution in [0.2, 0.25) is 0 Å². The minimum Gasteiger partial charge on any atom is -0.483 e. The maximum absolute atomic E-state index is 12.9. The number of sulfone groups is 1. The number of nitrogens with zero attached hydrogens (tertiary/aromatic N) is 1. The number of rotatable bonds is 3. The first-order chi connectivity index (χ1) is 11.6. The predicted molar refractivity (Wildman–Crippen MR) is 87.9 cm³/mol. The summed E-state index contributed by atoms with van der Waals surface area (Å²) in [6.07, 6.45) is 3.77. The molecule has 0 atom stereocenters. The lowest BCUT2D eigenvalue weighted by Crippen LogP contribution is -2.38. The lowest BCUT2D eigenvalue weighted by molar-refractivity contribution is -0.129. The molecule has 136 valence electrons. The van der Waals surface area contributed by atoms with Crippen molar-refractivity contribution < 1.29 is 26.7 Å². The molecule has 0 saturated carbocycles. The lowest BCUT2D eigenvalue weighted by atomic mass is 9.96. The minimum absolute atomic E-state index is 0.0664. The summed E-state index contributed by atoms with van der Waals surface area (Å²) in [6, 6.07) is 3.64. The molecular formula is C17H19F2NO4S. The summed E-state index contributed by atoms with van der Waals surface area (Å²) in [6.45, 7) is 4.13. The van der Waals surface area contributed by atoms with Crippen molar-refractivity contribution in [2.75, 3.05) is 6.54 Å². The van der Waals surface area contributed by atoms with Gasteiger partial charge in [-0.3, -0.25) is 4.79 Å². The first-order valence-electron chi connectivity index (χ1n) is 8.00. The van der Waals surface area contributed by atoms with Gasteiger partial charge in [0.15, 0.2) is 0 Å². The Labute approximate surface area is 145 Å². The fraction of sp³-hybridized carbons (Fsp3) is 0.471. The van der Waals surface area contributed by atoms with E-state index < -0.39 is 26.1 Å². The van der Waals surface area contributed by atoms with E-state index in [4.69, 9.17) is 4.74 Å². The summed E-state index contributed by atoms with van der Waals surface area (Å²) in [7, 11) is -4.73. The van der Waals surface area contributed by atoms with E-state index in [-0.39, 0.29) is 5.91 Å². The number of hydrogen-bond donors (Lipinski definition) is 0. The van der Waals surface area contributed by atoms with Gasteiger partial charge in [-0.15, -0.1) is 0 Å². The molecule has 0 N–H and O–H groups in total. The van der Waals surface area contributed by atoms with Crippen LogP contribution in [0.4, 0.5) is 8.78 Å². The van der Waals surface area contributed by atoms with Gasteiger partial charge in [0.1, 0.15) is 11.4 Å². The van der Waals surface area contributed by atoms with Gasteiger partial charge in [-0.1, -0.05) is 0 Å². The quantitative estimate of drug-likeness (QED) is 0.819. The first-order valence-corrected chi connectivity index (χ1v) is 9.55. The molecule has 0 spiro atoms. The molecular weight excluding hydrogens is 352 g/mol. The van der Waals surface area contributed by atoms with Gasteiger partial charge in [0.25, 0.3) is 0 Å².